The summed E-state index contributed by atoms with van der Waals surface area (Å²) >= 11 is 0. The molecular formula is C29H26F5NO. The van der Waals surface area contributed by atoms with Gasteiger partial charge in [-0.1, -0.05) is 37.1 Å². The third-order valence-electron chi connectivity index (χ3n) is 7.92. The Labute approximate surface area is 206 Å². The van der Waals surface area contributed by atoms with E-state index in [1.807, 2.05) is 0 Å². The Morgan fingerprint density at radius 1 is 0.944 bits per heavy atom. The zero-order valence-corrected chi connectivity index (χ0v) is 19.6. The lowest BCUT2D eigenvalue weighted by molar-refractivity contribution is -0.137. The van der Waals surface area contributed by atoms with Gasteiger partial charge >= 0.3 is 6.18 Å². The minimum absolute atomic E-state index is 0.0812. The van der Waals surface area contributed by atoms with Crippen LogP contribution in [0.2, 0.25) is 0 Å². The molecule has 1 aliphatic heterocycles. The predicted octanol–water partition coefficient (Wildman–Crippen LogP) is 8.26. The number of benzene rings is 2. The third-order valence-corrected chi connectivity index (χ3v) is 7.92. The first-order chi connectivity index (χ1) is 17.3. The van der Waals surface area contributed by atoms with Gasteiger partial charge in [-0.15, -0.1) is 0 Å². The normalized spacial score (nSPS) is 22.6. The van der Waals surface area contributed by atoms with E-state index in [1.165, 1.54) is 24.3 Å². The maximum Gasteiger partial charge on any atom is 0.416 e. The summed E-state index contributed by atoms with van der Waals surface area (Å²) in [6.45, 7) is 0.621. The lowest BCUT2D eigenvalue weighted by Gasteiger charge is -2.30. The molecule has 0 N–H and O–H groups in total. The van der Waals surface area contributed by atoms with Crippen molar-refractivity contribution in [2.45, 2.75) is 62.9 Å². The highest BCUT2D eigenvalue weighted by Crippen LogP contribution is 2.51. The van der Waals surface area contributed by atoms with E-state index in [0.29, 0.717) is 34.9 Å². The van der Waals surface area contributed by atoms with Crippen LogP contribution in [-0.2, 0) is 17.3 Å². The van der Waals surface area contributed by atoms with Crippen LogP contribution in [0, 0.1) is 11.7 Å². The Kier molecular flexibility index (Phi) is 5.86. The molecule has 36 heavy (non-hydrogen) atoms. The van der Waals surface area contributed by atoms with Crippen LogP contribution >= 0.6 is 0 Å². The summed E-state index contributed by atoms with van der Waals surface area (Å²) in [5, 5.41) is 0. The molecule has 2 heterocycles. The maximum atomic E-state index is 16.6. The van der Waals surface area contributed by atoms with Gasteiger partial charge in [0.05, 0.1) is 24.0 Å². The standard InChI is InChI=1S/C29H26F5NO/c30-21-11-7-17(8-12-21)24-25-22(13-16-14-23(25)36-15-16)35-28(19-3-1-2-4-19)26(24)27(31)18-5-9-20(10-6-18)29(32,33)34/h5-12,16,19,23,27H,1-4,13-15H2. The molecule has 3 atom stereocenters. The highest BCUT2D eigenvalue weighted by Gasteiger charge is 2.41. The van der Waals surface area contributed by atoms with Crippen molar-refractivity contribution in [1.29, 1.82) is 0 Å². The first kappa shape index (κ1) is 23.6. The van der Waals surface area contributed by atoms with E-state index in [2.05, 4.69) is 0 Å². The molecule has 2 aromatic carbocycles. The summed E-state index contributed by atoms with van der Waals surface area (Å²) in [6, 6.07) is 10.3. The fourth-order valence-electron chi connectivity index (χ4n) is 6.20. The fourth-order valence-corrected chi connectivity index (χ4v) is 6.20. The molecule has 3 aliphatic rings. The second-order valence-electron chi connectivity index (χ2n) is 10.2. The van der Waals surface area contributed by atoms with Gasteiger partial charge in [-0.3, -0.25) is 4.98 Å². The minimum atomic E-state index is -4.50. The van der Waals surface area contributed by atoms with Gasteiger partial charge in [0.15, 0.2) is 6.17 Å². The van der Waals surface area contributed by atoms with Gasteiger partial charge in [0.25, 0.3) is 0 Å². The summed E-state index contributed by atoms with van der Waals surface area (Å²) in [5.74, 6) is 0.0584. The number of aromatic nitrogens is 1. The topological polar surface area (TPSA) is 22.1 Å². The van der Waals surface area contributed by atoms with Crippen molar-refractivity contribution < 1.29 is 26.7 Å². The molecule has 6 rings (SSSR count). The molecule has 2 nitrogen and oxygen atoms in total. The zero-order chi connectivity index (χ0) is 25.0. The molecule has 7 heteroatoms. The smallest absolute Gasteiger partial charge is 0.373 e. The van der Waals surface area contributed by atoms with E-state index in [9.17, 15) is 17.6 Å². The molecule has 3 unspecified atom stereocenters. The molecule has 0 amide bonds. The molecule has 1 saturated heterocycles. The second-order valence-corrected chi connectivity index (χ2v) is 10.2. The van der Waals surface area contributed by atoms with Crippen molar-refractivity contribution in [3.8, 4) is 11.1 Å². The summed E-state index contributed by atoms with van der Waals surface area (Å²) in [6.07, 6.45) is -0.986. The van der Waals surface area contributed by atoms with E-state index >= 15 is 4.39 Å². The minimum Gasteiger partial charge on any atom is -0.373 e. The Balaban J connectivity index is 1.58. The third kappa shape index (κ3) is 4.11. The second kappa shape index (κ2) is 8.94. The average Bonchev–Trinajstić information content (AvgIpc) is 3.53. The molecule has 188 valence electrons. The maximum absolute atomic E-state index is 16.6. The van der Waals surface area contributed by atoms with E-state index in [4.69, 9.17) is 9.72 Å². The molecule has 3 aromatic rings. The van der Waals surface area contributed by atoms with Gasteiger partial charge in [0.2, 0.25) is 0 Å². The average molecular weight is 500 g/mol. The Bertz CT molecular complexity index is 1260. The van der Waals surface area contributed by atoms with E-state index in [-0.39, 0.29) is 17.6 Å². The Morgan fingerprint density at radius 3 is 2.31 bits per heavy atom. The SMILES string of the molecule is Fc1ccc(-c2c3c(nc(C4CCCC4)c2C(F)c2ccc(C(F)(F)F)cc2)CC2COC3C2)cc1. The highest BCUT2D eigenvalue weighted by molar-refractivity contribution is 5.75. The number of halogens is 5. The fraction of sp³-hybridized carbons (Fsp3) is 0.414. The summed E-state index contributed by atoms with van der Waals surface area (Å²) in [7, 11) is 0. The van der Waals surface area contributed by atoms with Crippen LogP contribution in [0.4, 0.5) is 22.0 Å². The molecule has 2 bridgehead atoms. The molecule has 1 saturated carbocycles. The molecule has 0 radical (unpaired) electrons. The number of rotatable bonds is 4. The molecule has 0 spiro atoms. The number of pyridine rings is 1. The van der Waals surface area contributed by atoms with E-state index in [1.54, 1.807) is 12.1 Å². The molecule has 2 fully saturated rings. The first-order valence-electron chi connectivity index (χ1n) is 12.5. The Hall–Kier alpha value is -2.80. The van der Waals surface area contributed by atoms with Gasteiger partial charge in [-0.05, 0) is 72.6 Å². The van der Waals surface area contributed by atoms with Crippen LogP contribution < -0.4 is 0 Å². The van der Waals surface area contributed by atoms with Crippen LogP contribution in [0.1, 0.15) is 83.9 Å². The van der Waals surface area contributed by atoms with Crippen molar-refractivity contribution in [2.75, 3.05) is 6.61 Å². The quantitative estimate of drug-likeness (QED) is 0.337. The highest BCUT2D eigenvalue weighted by atomic mass is 19.4. The molecule has 1 aromatic heterocycles. The number of ether oxygens (including phenoxy) is 1. The molecule has 2 aliphatic carbocycles. The lowest BCUT2D eigenvalue weighted by atomic mass is 9.78. The van der Waals surface area contributed by atoms with Gasteiger partial charge in [0.1, 0.15) is 5.82 Å². The number of alkyl halides is 4. The zero-order valence-electron chi connectivity index (χ0n) is 19.6. The van der Waals surface area contributed by atoms with Crippen molar-refractivity contribution >= 4 is 0 Å². The number of hydrogen-bond acceptors (Lipinski definition) is 2. The molecular weight excluding hydrogens is 473 g/mol. The van der Waals surface area contributed by atoms with Crippen molar-refractivity contribution in [3.05, 3.63) is 88.0 Å². The van der Waals surface area contributed by atoms with E-state index < -0.39 is 23.7 Å². The van der Waals surface area contributed by atoms with Crippen LogP contribution in [0.3, 0.4) is 0 Å². The van der Waals surface area contributed by atoms with Crippen molar-refractivity contribution in [1.82, 2.24) is 4.98 Å². The number of hydrogen-bond donors (Lipinski definition) is 0. The van der Waals surface area contributed by atoms with Crippen molar-refractivity contribution in [2.24, 2.45) is 5.92 Å². The van der Waals surface area contributed by atoms with Gasteiger partial charge < -0.3 is 4.74 Å². The largest absolute Gasteiger partial charge is 0.416 e. The number of nitrogens with zero attached hydrogens (tertiary/aromatic N) is 1. The summed E-state index contributed by atoms with van der Waals surface area (Å²) in [5.41, 5.74) is 3.52. The van der Waals surface area contributed by atoms with Crippen LogP contribution in [0.25, 0.3) is 11.1 Å². The van der Waals surface area contributed by atoms with Crippen LogP contribution in [0.5, 0.6) is 0 Å². The van der Waals surface area contributed by atoms with E-state index in [0.717, 1.165) is 61.9 Å². The lowest BCUT2D eigenvalue weighted by Crippen LogP contribution is -2.20. The van der Waals surface area contributed by atoms with Crippen molar-refractivity contribution in [3.63, 3.8) is 0 Å². The summed E-state index contributed by atoms with van der Waals surface area (Å²) < 4.78 is 76.0. The van der Waals surface area contributed by atoms with Gasteiger partial charge in [-0.25, -0.2) is 8.78 Å². The predicted molar refractivity (Wildman–Crippen MR) is 126 cm³/mol. The van der Waals surface area contributed by atoms with Crippen LogP contribution in [0.15, 0.2) is 48.5 Å². The Morgan fingerprint density at radius 2 is 1.64 bits per heavy atom. The first-order valence-corrected chi connectivity index (χ1v) is 12.5. The number of fused-ring (bicyclic) bond motifs is 4. The van der Waals surface area contributed by atoms with Gasteiger partial charge in [-0.2, -0.15) is 13.2 Å². The monoisotopic (exact) mass is 499 g/mol. The summed E-state index contributed by atoms with van der Waals surface area (Å²) in [4.78, 5) is 5.07. The van der Waals surface area contributed by atoms with Gasteiger partial charge in [0, 0.05) is 22.7 Å². The van der Waals surface area contributed by atoms with Crippen LogP contribution in [-0.4, -0.2) is 11.6 Å².